The van der Waals surface area contributed by atoms with Gasteiger partial charge in [-0.3, -0.25) is 4.79 Å². The first-order valence-corrected chi connectivity index (χ1v) is 10.7. The molecule has 2 rings (SSSR count). The number of carbonyl (C=O) groups is 1. The number of unbranched alkanes of at least 4 members (excludes halogenated alkanes) is 2. The van der Waals surface area contributed by atoms with Crippen LogP contribution < -0.4 is 10.0 Å². The highest BCUT2D eigenvalue weighted by Crippen LogP contribution is 2.23. The average molecular weight is 389 g/mol. The smallest absolute Gasteiger partial charge is 0.255 e. The Labute approximate surface area is 162 Å². The Morgan fingerprint density at radius 2 is 1.56 bits per heavy atom. The van der Waals surface area contributed by atoms with Crippen LogP contribution in [0.5, 0.6) is 0 Å². The van der Waals surface area contributed by atoms with Gasteiger partial charge in [0.25, 0.3) is 5.91 Å². The van der Waals surface area contributed by atoms with E-state index in [-0.39, 0.29) is 10.8 Å². The van der Waals surface area contributed by atoms with Gasteiger partial charge in [0.15, 0.2) is 0 Å². The Bertz CT molecular complexity index is 881. The molecule has 5 nitrogen and oxygen atoms in total. The molecule has 0 saturated carbocycles. The molecule has 27 heavy (non-hydrogen) atoms. The van der Waals surface area contributed by atoms with E-state index in [9.17, 15) is 13.2 Å². The van der Waals surface area contributed by atoms with Crippen LogP contribution in [0, 0.1) is 20.8 Å². The lowest BCUT2D eigenvalue weighted by Crippen LogP contribution is -2.25. The molecule has 0 aliphatic carbocycles. The third kappa shape index (κ3) is 5.65. The fourth-order valence-electron chi connectivity index (χ4n) is 3.01. The van der Waals surface area contributed by atoms with E-state index in [0.717, 1.165) is 41.6 Å². The lowest BCUT2D eigenvalue weighted by molar-refractivity contribution is 0.102. The molecule has 2 aromatic carbocycles. The summed E-state index contributed by atoms with van der Waals surface area (Å²) >= 11 is 0. The number of benzene rings is 2. The minimum absolute atomic E-state index is 0.165. The molecule has 0 bridgehead atoms. The summed E-state index contributed by atoms with van der Waals surface area (Å²) < 4.78 is 27.1. The van der Waals surface area contributed by atoms with Crippen molar-refractivity contribution in [1.29, 1.82) is 0 Å². The van der Waals surface area contributed by atoms with Crippen molar-refractivity contribution in [3.8, 4) is 0 Å². The minimum Gasteiger partial charge on any atom is -0.322 e. The molecule has 0 aliphatic heterocycles. The van der Waals surface area contributed by atoms with Crippen LogP contribution >= 0.6 is 0 Å². The van der Waals surface area contributed by atoms with Crippen LogP contribution in [-0.4, -0.2) is 20.9 Å². The van der Waals surface area contributed by atoms with Crippen molar-refractivity contribution in [2.75, 3.05) is 11.9 Å². The third-order valence-corrected chi connectivity index (χ3v) is 5.89. The van der Waals surface area contributed by atoms with E-state index >= 15 is 0 Å². The summed E-state index contributed by atoms with van der Waals surface area (Å²) in [6, 6.07) is 10.0. The summed E-state index contributed by atoms with van der Waals surface area (Å²) in [7, 11) is -3.54. The summed E-state index contributed by atoms with van der Waals surface area (Å²) in [6.07, 6.45) is 2.83. The quantitative estimate of drug-likeness (QED) is 0.661. The van der Waals surface area contributed by atoms with Crippen molar-refractivity contribution in [2.45, 2.75) is 51.9 Å². The molecule has 1 amide bonds. The zero-order valence-electron chi connectivity index (χ0n) is 16.4. The molecule has 0 atom stereocenters. The van der Waals surface area contributed by atoms with Crippen molar-refractivity contribution in [3.05, 3.63) is 58.7 Å². The SMILES string of the molecule is CCCCCNS(=O)(=O)c1ccc(C(=O)Nc2c(C)cc(C)cc2C)cc1. The maximum absolute atomic E-state index is 12.5. The highest BCUT2D eigenvalue weighted by molar-refractivity contribution is 7.89. The molecule has 0 fully saturated rings. The summed E-state index contributed by atoms with van der Waals surface area (Å²) in [5, 5.41) is 2.92. The van der Waals surface area contributed by atoms with Gasteiger partial charge in [-0.25, -0.2) is 13.1 Å². The molecular formula is C21H28N2O3S. The minimum atomic E-state index is -3.54. The maximum Gasteiger partial charge on any atom is 0.255 e. The van der Waals surface area contributed by atoms with Gasteiger partial charge >= 0.3 is 0 Å². The zero-order valence-corrected chi connectivity index (χ0v) is 17.2. The van der Waals surface area contributed by atoms with Crippen molar-refractivity contribution < 1.29 is 13.2 Å². The van der Waals surface area contributed by atoms with Crippen LogP contribution in [0.3, 0.4) is 0 Å². The molecule has 0 aromatic heterocycles. The largest absolute Gasteiger partial charge is 0.322 e. The lowest BCUT2D eigenvalue weighted by atomic mass is 10.0. The van der Waals surface area contributed by atoms with Gasteiger partial charge < -0.3 is 5.32 Å². The summed E-state index contributed by atoms with van der Waals surface area (Å²) in [5.74, 6) is -0.259. The molecule has 2 N–H and O–H groups in total. The van der Waals surface area contributed by atoms with Crippen molar-refractivity contribution in [3.63, 3.8) is 0 Å². The summed E-state index contributed by atoms with van der Waals surface area (Å²) in [5.41, 5.74) is 4.34. The Kier molecular flexibility index (Phi) is 7.16. The molecule has 0 aliphatic rings. The summed E-state index contributed by atoms with van der Waals surface area (Å²) in [4.78, 5) is 12.7. The zero-order chi connectivity index (χ0) is 20.0. The number of rotatable bonds is 8. The van der Waals surface area contributed by atoms with Crippen molar-refractivity contribution in [2.24, 2.45) is 0 Å². The van der Waals surface area contributed by atoms with Gasteiger partial charge in [-0.1, -0.05) is 37.5 Å². The molecule has 6 heteroatoms. The van der Waals surface area contributed by atoms with Crippen LogP contribution in [0.25, 0.3) is 0 Å². The predicted octanol–water partition coefficient (Wildman–Crippen LogP) is 4.33. The average Bonchev–Trinajstić information content (AvgIpc) is 2.61. The fraction of sp³-hybridized carbons (Fsp3) is 0.381. The lowest BCUT2D eigenvalue weighted by Gasteiger charge is -2.13. The number of nitrogens with one attached hydrogen (secondary N) is 2. The van der Waals surface area contributed by atoms with Gasteiger partial charge in [0.05, 0.1) is 4.90 Å². The maximum atomic E-state index is 12.5. The van der Waals surface area contributed by atoms with E-state index in [0.29, 0.717) is 12.1 Å². The molecule has 0 radical (unpaired) electrons. The highest BCUT2D eigenvalue weighted by Gasteiger charge is 2.15. The highest BCUT2D eigenvalue weighted by atomic mass is 32.2. The second-order valence-corrected chi connectivity index (χ2v) is 8.62. The van der Waals surface area contributed by atoms with Crippen molar-refractivity contribution in [1.82, 2.24) is 4.72 Å². The van der Waals surface area contributed by atoms with E-state index < -0.39 is 10.0 Å². The Morgan fingerprint density at radius 3 is 2.11 bits per heavy atom. The van der Waals surface area contributed by atoms with Crippen LogP contribution in [0.4, 0.5) is 5.69 Å². The van der Waals surface area contributed by atoms with Gasteiger partial charge in [0.1, 0.15) is 0 Å². The van der Waals surface area contributed by atoms with Crippen LogP contribution in [0.15, 0.2) is 41.3 Å². The molecule has 0 spiro atoms. The first-order chi connectivity index (χ1) is 12.7. The molecule has 0 heterocycles. The first-order valence-electron chi connectivity index (χ1n) is 9.23. The second kappa shape index (κ2) is 9.15. The van der Waals surface area contributed by atoms with Gasteiger partial charge in [-0.2, -0.15) is 0 Å². The third-order valence-electron chi connectivity index (χ3n) is 4.41. The number of hydrogen-bond donors (Lipinski definition) is 2. The molecule has 2 aromatic rings. The molecular weight excluding hydrogens is 360 g/mol. The molecule has 0 saturated heterocycles. The van der Waals surface area contributed by atoms with Gasteiger partial charge in [0.2, 0.25) is 10.0 Å². The predicted molar refractivity (Wildman–Crippen MR) is 110 cm³/mol. The number of aryl methyl sites for hydroxylation is 3. The van der Waals surface area contributed by atoms with Gasteiger partial charge in [-0.15, -0.1) is 0 Å². The standard InChI is InChI=1S/C21H28N2O3S/c1-5-6-7-12-22-27(25,26)19-10-8-18(9-11-19)21(24)23-20-16(3)13-15(2)14-17(20)4/h8-11,13-14,22H,5-7,12H2,1-4H3,(H,23,24). The summed E-state index contributed by atoms with van der Waals surface area (Å²) in [6.45, 7) is 8.41. The van der Waals surface area contributed by atoms with Gasteiger partial charge in [-0.05, 0) is 62.6 Å². The second-order valence-electron chi connectivity index (χ2n) is 6.86. The van der Waals surface area contributed by atoms with Gasteiger partial charge in [0, 0.05) is 17.8 Å². The number of anilines is 1. The van der Waals surface area contributed by atoms with E-state index in [1.54, 1.807) is 0 Å². The first kappa shape index (κ1) is 21.1. The topological polar surface area (TPSA) is 75.3 Å². The van der Waals surface area contributed by atoms with Crippen molar-refractivity contribution >= 4 is 21.6 Å². The van der Waals surface area contributed by atoms with E-state index in [4.69, 9.17) is 0 Å². The Morgan fingerprint density at radius 1 is 0.963 bits per heavy atom. The number of amides is 1. The number of hydrogen-bond acceptors (Lipinski definition) is 3. The van der Waals surface area contributed by atoms with E-state index in [1.165, 1.54) is 24.3 Å². The fourth-order valence-corrected chi connectivity index (χ4v) is 4.09. The van der Waals surface area contributed by atoms with Crippen LogP contribution in [-0.2, 0) is 10.0 Å². The number of carbonyl (C=O) groups excluding carboxylic acids is 1. The molecule has 0 unspecified atom stereocenters. The Balaban J connectivity index is 2.09. The normalized spacial score (nSPS) is 11.4. The van der Waals surface area contributed by atoms with Crippen LogP contribution in [0.2, 0.25) is 0 Å². The monoisotopic (exact) mass is 388 g/mol. The van der Waals surface area contributed by atoms with E-state index in [2.05, 4.69) is 17.0 Å². The number of sulfonamides is 1. The molecule has 146 valence electrons. The van der Waals surface area contributed by atoms with Crippen LogP contribution in [0.1, 0.15) is 53.2 Å². The Hall–Kier alpha value is -2.18. The van der Waals surface area contributed by atoms with E-state index in [1.807, 2.05) is 32.9 Å².